The average molecular weight is 287 g/mol. The number of aromatic carboxylic acids is 1. The zero-order valence-electron chi connectivity index (χ0n) is 10.5. The molecular weight excluding hydrogens is 278 g/mol. The number of nitro groups is 1. The highest BCUT2D eigenvalue weighted by Gasteiger charge is 2.15. The minimum atomic E-state index is -1.27. The molecule has 2 aromatic rings. The van der Waals surface area contributed by atoms with E-state index >= 15 is 0 Å². The van der Waals surface area contributed by atoms with Crippen LogP contribution in [0.4, 0.5) is 11.4 Å². The van der Waals surface area contributed by atoms with Gasteiger partial charge in [-0.05, 0) is 24.3 Å². The second-order valence-electron chi connectivity index (χ2n) is 3.96. The van der Waals surface area contributed by atoms with Crippen molar-refractivity contribution in [1.82, 2.24) is 4.98 Å². The van der Waals surface area contributed by atoms with Crippen LogP contribution in [0.15, 0.2) is 42.6 Å². The van der Waals surface area contributed by atoms with E-state index in [1.54, 1.807) is 0 Å². The van der Waals surface area contributed by atoms with Gasteiger partial charge >= 0.3 is 5.97 Å². The van der Waals surface area contributed by atoms with Crippen LogP contribution >= 0.6 is 0 Å². The lowest BCUT2D eigenvalue weighted by molar-refractivity contribution is -0.384. The Morgan fingerprint density at radius 3 is 2.43 bits per heavy atom. The maximum atomic E-state index is 12.0. The number of pyridine rings is 1. The van der Waals surface area contributed by atoms with E-state index < -0.39 is 16.8 Å². The molecule has 0 fully saturated rings. The summed E-state index contributed by atoms with van der Waals surface area (Å²) in [6.45, 7) is 0. The highest BCUT2D eigenvalue weighted by atomic mass is 16.6. The largest absolute Gasteiger partial charge is 0.476 e. The van der Waals surface area contributed by atoms with Crippen LogP contribution in [0.5, 0.6) is 0 Å². The predicted octanol–water partition coefficient (Wildman–Crippen LogP) is 1.94. The van der Waals surface area contributed by atoms with Gasteiger partial charge in [0.1, 0.15) is 0 Å². The minimum Gasteiger partial charge on any atom is -0.476 e. The van der Waals surface area contributed by atoms with E-state index in [-0.39, 0.29) is 22.6 Å². The minimum absolute atomic E-state index is 0.0494. The number of nitro benzene ring substituents is 1. The van der Waals surface area contributed by atoms with E-state index in [0.717, 1.165) is 0 Å². The molecule has 0 aliphatic carbocycles. The summed E-state index contributed by atoms with van der Waals surface area (Å²) in [7, 11) is 0. The van der Waals surface area contributed by atoms with Gasteiger partial charge in [-0.1, -0.05) is 0 Å². The third kappa shape index (κ3) is 3.18. The van der Waals surface area contributed by atoms with Gasteiger partial charge in [0.2, 0.25) is 0 Å². The molecule has 0 radical (unpaired) electrons. The highest BCUT2D eigenvalue weighted by molar-refractivity contribution is 6.07. The van der Waals surface area contributed by atoms with Gasteiger partial charge < -0.3 is 10.4 Å². The van der Waals surface area contributed by atoms with Crippen LogP contribution in [-0.2, 0) is 0 Å². The monoisotopic (exact) mass is 287 g/mol. The Bertz CT molecular complexity index is 712. The van der Waals surface area contributed by atoms with Gasteiger partial charge in [0.25, 0.3) is 11.6 Å². The molecule has 0 spiro atoms. The summed E-state index contributed by atoms with van der Waals surface area (Å²) in [5.74, 6) is -1.85. The van der Waals surface area contributed by atoms with Crippen molar-refractivity contribution in [3.05, 3.63) is 64.0 Å². The second-order valence-corrected chi connectivity index (χ2v) is 3.96. The van der Waals surface area contributed by atoms with Crippen molar-refractivity contribution in [3.63, 3.8) is 0 Å². The molecule has 0 saturated heterocycles. The molecule has 106 valence electrons. The van der Waals surface area contributed by atoms with Crippen LogP contribution in [0.1, 0.15) is 20.8 Å². The van der Waals surface area contributed by atoms with E-state index in [4.69, 9.17) is 5.11 Å². The fraction of sp³-hybridized carbons (Fsp3) is 0. The summed E-state index contributed by atoms with van der Waals surface area (Å²) in [5, 5.41) is 21.9. The summed E-state index contributed by atoms with van der Waals surface area (Å²) in [5.41, 5.74) is -0.207. The normalized spacial score (nSPS) is 9.90. The molecule has 1 heterocycles. The van der Waals surface area contributed by atoms with Gasteiger partial charge in [0.15, 0.2) is 5.69 Å². The number of carbonyl (C=O) groups is 2. The summed E-state index contributed by atoms with van der Waals surface area (Å²) >= 11 is 0. The van der Waals surface area contributed by atoms with Gasteiger partial charge in [0.05, 0.1) is 10.6 Å². The number of carbonyl (C=O) groups excluding carboxylic acids is 1. The van der Waals surface area contributed by atoms with E-state index in [9.17, 15) is 19.7 Å². The molecule has 0 unspecified atom stereocenters. The van der Waals surface area contributed by atoms with E-state index in [1.807, 2.05) is 0 Å². The van der Waals surface area contributed by atoms with Crippen LogP contribution in [-0.4, -0.2) is 26.9 Å². The first-order valence-corrected chi connectivity index (χ1v) is 5.73. The lowest BCUT2D eigenvalue weighted by atomic mass is 10.2. The standard InChI is InChI=1S/C13H9N3O5/c17-12(8-3-5-9(6-4-8)16(20)21)15-10-2-1-7-14-11(10)13(18)19/h1-7H,(H,15,17)(H,18,19). The Morgan fingerprint density at radius 2 is 1.86 bits per heavy atom. The third-order valence-corrected chi connectivity index (χ3v) is 2.60. The van der Waals surface area contributed by atoms with Crippen LogP contribution in [0.2, 0.25) is 0 Å². The summed E-state index contributed by atoms with van der Waals surface area (Å²) in [6.07, 6.45) is 1.30. The molecule has 0 saturated carbocycles. The van der Waals surface area contributed by atoms with Crippen molar-refractivity contribution < 1.29 is 19.6 Å². The number of carboxylic acid groups (broad SMARTS) is 1. The van der Waals surface area contributed by atoms with Crippen molar-refractivity contribution in [3.8, 4) is 0 Å². The van der Waals surface area contributed by atoms with Gasteiger partial charge in [-0.3, -0.25) is 14.9 Å². The molecule has 0 bridgehead atoms. The molecule has 8 nitrogen and oxygen atoms in total. The number of hydrogen-bond donors (Lipinski definition) is 2. The van der Waals surface area contributed by atoms with Crippen LogP contribution in [0.25, 0.3) is 0 Å². The van der Waals surface area contributed by atoms with Gasteiger partial charge in [0, 0.05) is 23.9 Å². The van der Waals surface area contributed by atoms with E-state index in [0.29, 0.717) is 0 Å². The summed E-state index contributed by atoms with van der Waals surface area (Å²) in [4.78, 5) is 36.5. The van der Waals surface area contributed by atoms with Crippen molar-refractivity contribution >= 4 is 23.3 Å². The van der Waals surface area contributed by atoms with Gasteiger partial charge in [-0.15, -0.1) is 0 Å². The molecule has 2 rings (SSSR count). The molecular formula is C13H9N3O5. The second kappa shape index (κ2) is 5.78. The molecule has 0 aliphatic heterocycles. The van der Waals surface area contributed by atoms with Crippen molar-refractivity contribution in [2.75, 3.05) is 5.32 Å². The first-order chi connectivity index (χ1) is 9.99. The van der Waals surface area contributed by atoms with Crippen molar-refractivity contribution in [2.45, 2.75) is 0 Å². The molecule has 0 aliphatic rings. The lowest BCUT2D eigenvalue weighted by Crippen LogP contribution is -2.15. The summed E-state index contributed by atoms with van der Waals surface area (Å²) in [6, 6.07) is 7.83. The van der Waals surface area contributed by atoms with Crippen LogP contribution in [0, 0.1) is 10.1 Å². The smallest absolute Gasteiger partial charge is 0.356 e. The average Bonchev–Trinajstić information content (AvgIpc) is 2.47. The lowest BCUT2D eigenvalue weighted by Gasteiger charge is -2.07. The number of carboxylic acids is 1. The zero-order chi connectivity index (χ0) is 15.4. The van der Waals surface area contributed by atoms with Gasteiger partial charge in [-0.2, -0.15) is 0 Å². The number of non-ortho nitro benzene ring substituents is 1. The highest BCUT2D eigenvalue weighted by Crippen LogP contribution is 2.16. The number of rotatable bonds is 4. The molecule has 1 aromatic heterocycles. The fourth-order valence-electron chi connectivity index (χ4n) is 1.61. The van der Waals surface area contributed by atoms with Crippen LogP contribution in [0.3, 0.4) is 0 Å². The zero-order valence-corrected chi connectivity index (χ0v) is 10.5. The third-order valence-electron chi connectivity index (χ3n) is 2.60. The number of nitrogens with one attached hydrogen (secondary N) is 1. The summed E-state index contributed by atoms with van der Waals surface area (Å²) < 4.78 is 0. The molecule has 8 heteroatoms. The quantitative estimate of drug-likeness (QED) is 0.654. The first kappa shape index (κ1) is 14.1. The topological polar surface area (TPSA) is 122 Å². The van der Waals surface area contributed by atoms with E-state index in [2.05, 4.69) is 10.3 Å². The molecule has 21 heavy (non-hydrogen) atoms. The number of hydrogen-bond acceptors (Lipinski definition) is 5. The van der Waals surface area contributed by atoms with Gasteiger partial charge in [-0.25, -0.2) is 9.78 Å². The number of benzene rings is 1. The number of aromatic nitrogens is 1. The van der Waals surface area contributed by atoms with Crippen molar-refractivity contribution in [1.29, 1.82) is 0 Å². The Balaban J connectivity index is 2.22. The molecule has 2 N–H and O–H groups in total. The SMILES string of the molecule is O=C(Nc1cccnc1C(=O)O)c1ccc([N+](=O)[O-])cc1. The van der Waals surface area contributed by atoms with Crippen LogP contribution < -0.4 is 5.32 Å². The maximum Gasteiger partial charge on any atom is 0.356 e. The molecule has 1 amide bonds. The predicted molar refractivity (Wildman–Crippen MR) is 72.2 cm³/mol. The number of nitrogens with zero attached hydrogens (tertiary/aromatic N) is 2. The first-order valence-electron chi connectivity index (χ1n) is 5.73. The van der Waals surface area contributed by atoms with E-state index in [1.165, 1.54) is 42.6 Å². The molecule has 0 atom stereocenters. The number of amides is 1. The Hall–Kier alpha value is -3.29. The van der Waals surface area contributed by atoms with Crippen molar-refractivity contribution in [2.24, 2.45) is 0 Å². The Kier molecular flexibility index (Phi) is 3.89. The Labute approximate surface area is 118 Å². The Morgan fingerprint density at radius 1 is 1.19 bits per heavy atom. The number of anilines is 1. The molecule has 1 aromatic carbocycles. The maximum absolute atomic E-state index is 12.0. The fourth-order valence-corrected chi connectivity index (χ4v) is 1.61.